The molecular formula is C18H23ClN2O3. The van der Waals surface area contributed by atoms with Crippen LogP contribution in [0.4, 0.5) is 0 Å². The highest BCUT2D eigenvalue weighted by Crippen LogP contribution is 2.26. The van der Waals surface area contributed by atoms with Crippen molar-refractivity contribution in [1.82, 2.24) is 9.55 Å². The van der Waals surface area contributed by atoms with Crippen molar-refractivity contribution in [1.29, 1.82) is 0 Å². The van der Waals surface area contributed by atoms with Crippen molar-refractivity contribution in [3.63, 3.8) is 0 Å². The Labute approximate surface area is 146 Å². The zero-order valence-electron chi connectivity index (χ0n) is 14.6. The van der Waals surface area contributed by atoms with Crippen LogP contribution >= 0.6 is 11.6 Å². The standard InChI is InChI=1S/C18H23ClN2O3/c1-11-7-12(17(22)24-18(2,3)4)8-14-16(11)20-15(9-19)21(14)10-13-5-6-23-13/h7-8,13H,5-6,9-10H2,1-4H3/t13-/m0/s1. The third-order valence-electron chi connectivity index (χ3n) is 4.06. The minimum Gasteiger partial charge on any atom is -0.456 e. The number of carbonyl (C=O) groups excluding carboxylic acids is 1. The van der Waals surface area contributed by atoms with Crippen LogP contribution in [0.5, 0.6) is 0 Å². The van der Waals surface area contributed by atoms with E-state index in [0.29, 0.717) is 18.0 Å². The van der Waals surface area contributed by atoms with Gasteiger partial charge in [0.2, 0.25) is 0 Å². The minimum absolute atomic E-state index is 0.190. The van der Waals surface area contributed by atoms with Crippen LogP contribution in [0.25, 0.3) is 11.0 Å². The molecule has 1 fully saturated rings. The average Bonchev–Trinajstić information content (AvgIpc) is 2.79. The number of aryl methyl sites for hydroxylation is 1. The van der Waals surface area contributed by atoms with E-state index in [1.54, 1.807) is 0 Å². The molecule has 1 aliphatic rings. The fourth-order valence-electron chi connectivity index (χ4n) is 2.83. The Bertz CT molecular complexity index is 773. The van der Waals surface area contributed by atoms with Crippen LogP contribution in [0.3, 0.4) is 0 Å². The molecule has 0 bridgehead atoms. The lowest BCUT2D eigenvalue weighted by Gasteiger charge is -2.27. The summed E-state index contributed by atoms with van der Waals surface area (Å²) < 4.78 is 13.1. The first-order valence-electron chi connectivity index (χ1n) is 8.19. The Morgan fingerprint density at radius 1 is 1.46 bits per heavy atom. The van der Waals surface area contributed by atoms with Crippen molar-refractivity contribution in [2.75, 3.05) is 6.61 Å². The third kappa shape index (κ3) is 3.42. The monoisotopic (exact) mass is 350 g/mol. The molecule has 0 radical (unpaired) electrons. The van der Waals surface area contributed by atoms with E-state index < -0.39 is 5.60 Å². The van der Waals surface area contributed by atoms with Gasteiger partial charge < -0.3 is 14.0 Å². The lowest BCUT2D eigenvalue weighted by Crippen LogP contribution is -2.31. The van der Waals surface area contributed by atoms with Crippen molar-refractivity contribution in [3.8, 4) is 0 Å². The van der Waals surface area contributed by atoms with E-state index in [1.807, 2.05) is 39.8 Å². The molecule has 3 rings (SSSR count). The normalized spacial score (nSPS) is 17.8. The number of rotatable bonds is 4. The molecule has 5 nitrogen and oxygen atoms in total. The Hall–Kier alpha value is -1.59. The molecule has 6 heteroatoms. The lowest BCUT2D eigenvalue weighted by molar-refractivity contribution is -0.0589. The Morgan fingerprint density at radius 3 is 2.71 bits per heavy atom. The number of ether oxygens (including phenoxy) is 2. The molecule has 0 aliphatic carbocycles. The quantitative estimate of drug-likeness (QED) is 0.621. The molecule has 1 aromatic heterocycles. The molecule has 24 heavy (non-hydrogen) atoms. The molecule has 0 N–H and O–H groups in total. The summed E-state index contributed by atoms with van der Waals surface area (Å²) in [7, 11) is 0. The second-order valence-electron chi connectivity index (χ2n) is 7.22. The maximum atomic E-state index is 12.4. The van der Waals surface area contributed by atoms with Gasteiger partial charge in [-0.25, -0.2) is 9.78 Å². The van der Waals surface area contributed by atoms with E-state index in [4.69, 9.17) is 21.1 Å². The number of halogens is 1. The van der Waals surface area contributed by atoms with Crippen molar-refractivity contribution in [2.45, 2.75) is 58.2 Å². The third-order valence-corrected chi connectivity index (χ3v) is 4.30. The maximum Gasteiger partial charge on any atom is 0.338 e. The molecule has 130 valence electrons. The first-order chi connectivity index (χ1) is 11.3. The fraction of sp³-hybridized carbons (Fsp3) is 0.556. The van der Waals surface area contributed by atoms with E-state index in [1.165, 1.54) is 0 Å². The second kappa shape index (κ2) is 6.37. The van der Waals surface area contributed by atoms with E-state index >= 15 is 0 Å². The highest BCUT2D eigenvalue weighted by Gasteiger charge is 2.24. The number of hydrogen-bond acceptors (Lipinski definition) is 4. The molecule has 0 unspecified atom stereocenters. The number of imidazole rings is 1. The van der Waals surface area contributed by atoms with Gasteiger partial charge in [-0.3, -0.25) is 0 Å². The van der Waals surface area contributed by atoms with Crippen LogP contribution in [0.2, 0.25) is 0 Å². The molecule has 1 atom stereocenters. The minimum atomic E-state index is -0.527. The molecule has 1 aromatic carbocycles. The predicted octanol–water partition coefficient (Wildman–Crippen LogP) is 3.83. The average molecular weight is 351 g/mol. The first-order valence-corrected chi connectivity index (χ1v) is 8.72. The first kappa shape index (κ1) is 17.2. The van der Waals surface area contributed by atoms with E-state index in [-0.39, 0.29) is 12.1 Å². The Kier molecular flexibility index (Phi) is 4.58. The molecular weight excluding hydrogens is 328 g/mol. The van der Waals surface area contributed by atoms with Crippen LogP contribution in [0, 0.1) is 6.92 Å². The SMILES string of the molecule is Cc1cc(C(=O)OC(C)(C)C)cc2c1nc(CCl)n2C[C@@H]1CCO1. The van der Waals surface area contributed by atoms with Crippen LogP contribution in [-0.2, 0) is 21.9 Å². The van der Waals surface area contributed by atoms with Gasteiger partial charge in [0.25, 0.3) is 0 Å². The molecule has 0 amide bonds. The lowest BCUT2D eigenvalue weighted by atomic mass is 10.1. The largest absolute Gasteiger partial charge is 0.456 e. The van der Waals surface area contributed by atoms with Crippen LogP contribution in [-0.4, -0.2) is 33.8 Å². The number of alkyl halides is 1. The van der Waals surface area contributed by atoms with Gasteiger partial charge in [0.15, 0.2) is 0 Å². The molecule has 2 aromatic rings. The van der Waals surface area contributed by atoms with Gasteiger partial charge in [0.05, 0.1) is 35.1 Å². The zero-order valence-corrected chi connectivity index (χ0v) is 15.3. The molecule has 0 saturated carbocycles. The van der Waals surface area contributed by atoms with Crippen LogP contribution in [0.15, 0.2) is 12.1 Å². The number of fused-ring (bicyclic) bond motifs is 1. The number of nitrogens with zero attached hydrogens (tertiary/aromatic N) is 2. The number of esters is 1. The smallest absolute Gasteiger partial charge is 0.338 e. The van der Waals surface area contributed by atoms with Gasteiger partial charge in [-0.2, -0.15) is 0 Å². The summed E-state index contributed by atoms with van der Waals surface area (Å²) in [6.07, 6.45) is 1.22. The van der Waals surface area contributed by atoms with E-state index in [9.17, 15) is 4.79 Å². The maximum absolute atomic E-state index is 12.4. The number of carbonyl (C=O) groups is 1. The van der Waals surface area contributed by atoms with Crippen LogP contribution < -0.4 is 0 Å². The van der Waals surface area contributed by atoms with Gasteiger partial charge >= 0.3 is 5.97 Å². The van der Waals surface area contributed by atoms with Gasteiger partial charge in [-0.15, -0.1) is 11.6 Å². The van der Waals surface area contributed by atoms with E-state index in [2.05, 4.69) is 9.55 Å². The number of benzene rings is 1. The van der Waals surface area contributed by atoms with Crippen molar-refractivity contribution in [2.24, 2.45) is 0 Å². The van der Waals surface area contributed by atoms with Crippen molar-refractivity contribution in [3.05, 3.63) is 29.1 Å². The molecule has 1 aliphatic heterocycles. The summed E-state index contributed by atoms with van der Waals surface area (Å²) in [5, 5.41) is 0. The summed E-state index contributed by atoms with van der Waals surface area (Å²) in [5.74, 6) is 0.793. The number of hydrogen-bond donors (Lipinski definition) is 0. The van der Waals surface area contributed by atoms with E-state index in [0.717, 1.165) is 35.4 Å². The summed E-state index contributed by atoms with van der Waals surface area (Å²) in [5.41, 5.74) is 2.72. The van der Waals surface area contributed by atoms with Crippen molar-refractivity contribution < 1.29 is 14.3 Å². The van der Waals surface area contributed by atoms with Gasteiger partial charge in [0.1, 0.15) is 11.4 Å². The highest BCUT2D eigenvalue weighted by molar-refractivity contribution is 6.17. The van der Waals surface area contributed by atoms with Gasteiger partial charge in [-0.05, 0) is 51.8 Å². The molecule has 1 saturated heterocycles. The number of aromatic nitrogens is 2. The fourth-order valence-corrected chi connectivity index (χ4v) is 3.04. The summed E-state index contributed by atoms with van der Waals surface area (Å²) in [6.45, 7) is 9.04. The highest BCUT2D eigenvalue weighted by atomic mass is 35.5. The summed E-state index contributed by atoms with van der Waals surface area (Å²) >= 11 is 6.07. The summed E-state index contributed by atoms with van der Waals surface area (Å²) in [4.78, 5) is 17.1. The van der Waals surface area contributed by atoms with Crippen molar-refractivity contribution >= 4 is 28.6 Å². The Balaban J connectivity index is 2.04. The molecule has 0 spiro atoms. The van der Waals surface area contributed by atoms with Crippen LogP contribution in [0.1, 0.15) is 48.9 Å². The Morgan fingerprint density at radius 2 is 2.17 bits per heavy atom. The summed E-state index contributed by atoms with van der Waals surface area (Å²) in [6, 6.07) is 3.67. The molecule has 2 heterocycles. The van der Waals surface area contributed by atoms with Gasteiger partial charge in [-0.1, -0.05) is 0 Å². The van der Waals surface area contributed by atoms with Gasteiger partial charge in [0, 0.05) is 6.61 Å². The predicted molar refractivity (Wildman–Crippen MR) is 93.6 cm³/mol. The topological polar surface area (TPSA) is 53.3 Å². The zero-order chi connectivity index (χ0) is 17.5. The second-order valence-corrected chi connectivity index (χ2v) is 7.48.